The number of nitrogen functional groups attached to an aromatic ring is 1. The Hall–Kier alpha value is -1.27. The van der Waals surface area contributed by atoms with Crippen LogP contribution in [0.5, 0.6) is 0 Å². The first kappa shape index (κ1) is 14.1. The van der Waals surface area contributed by atoms with Crippen molar-refractivity contribution in [1.82, 2.24) is 5.32 Å². The Morgan fingerprint density at radius 3 is 2.68 bits per heavy atom. The number of amides is 1. The van der Waals surface area contributed by atoms with Crippen LogP contribution in [-0.2, 0) is 14.6 Å². The largest absolute Gasteiger partial charge is 0.398 e. The van der Waals surface area contributed by atoms with Crippen LogP contribution in [0.3, 0.4) is 0 Å². The number of anilines is 1. The molecule has 2 rings (SSSR count). The second-order valence-electron chi connectivity index (χ2n) is 4.65. The zero-order valence-electron chi connectivity index (χ0n) is 10.4. The van der Waals surface area contributed by atoms with Crippen LogP contribution in [-0.4, -0.2) is 25.6 Å². The first-order valence-electron chi connectivity index (χ1n) is 5.91. The van der Waals surface area contributed by atoms with Crippen molar-refractivity contribution in [2.75, 3.05) is 5.73 Å². The lowest BCUT2D eigenvalue weighted by molar-refractivity contribution is -0.120. The van der Waals surface area contributed by atoms with Crippen molar-refractivity contribution in [3.05, 3.63) is 23.2 Å². The van der Waals surface area contributed by atoms with E-state index in [-0.39, 0.29) is 21.6 Å². The maximum Gasteiger partial charge on any atom is 0.238 e. The van der Waals surface area contributed by atoms with E-state index in [1.165, 1.54) is 25.1 Å². The third-order valence-corrected chi connectivity index (χ3v) is 5.39. The first-order chi connectivity index (χ1) is 8.82. The average Bonchev–Trinajstić information content (AvgIpc) is 3.14. The van der Waals surface area contributed by atoms with E-state index < -0.39 is 21.0 Å². The molecule has 0 radical (unpaired) electrons. The minimum atomic E-state index is -3.83. The summed E-state index contributed by atoms with van der Waals surface area (Å²) in [5.74, 6) is -0.498. The Morgan fingerprint density at radius 2 is 2.11 bits per heavy atom. The van der Waals surface area contributed by atoms with Gasteiger partial charge in [-0.3, -0.25) is 4.79 Å². The number of nitrogens with one attached hydrogen (secondary N) is 1. The molecule has 0 bridgehead atoms. The molecule has 1 saturated carbocycles. The van der Waals surface area contributed by atoms with E-state index in [1.54, 1.807) is 0 Å². The highest BCUT2D eigenvalue weighted by Gasteiger charge is 2.34. The van der Waals surface area contributed by atoms with Crippen molar-refractivity contribution in [1.29, 1.82) is 0 Å². The molecule has 1 aromatic carbocycles. The summed E-state index contributed by atoms with van der Waals surface area (Å²) < 4.78 is 24.7. The molecule has 1 aromatic rings. The first-order valence-corrected chi connectivity index (χ1v) is 7.84. The lowest BCUT2D eigenvalue weighted by Crippen LogP contribution is -2.39. The molecular formula is C12H15ClN2O3S. The van der Waals surface area contributed by atoms with E-state index in [0.29, 0.717) is 0 Å². The number of halogens is 1. The molecule has 1 aliphatic rings. The van der Waals surface area contributed by atoms with Gasteiger partial charge >= 0.3 is 0 Å². The molecule has 1 fully saturated rings. The smallest absolute Gasteiger partial charge is 0.238 e. The number of carbonyl (C=O) groups excluding carboxylic acids is 1. The molecule has 1 unspecified atom stereocenters. The summed E-state index contributed by atoms with van der Waals surface area (Å²) in [5, 5.41) is 1.75. The normalized spacial score (nSPS) is 16.9. The summed E-state index contributed by atoms with van der Waals surface area (Å²) in [6.45, 7) is 1.35. The molecule has 0 saturated heterocycles. The molecule has 0 aromatic heterocycles. The summed E-state index contributed by atoms with van der Waals surface area (Å²) >= 11 is 5.78. The van der Waals surface area contributed by atoms with Crippen LogP contribution in [0.2, 0.25) is 5.02 Å². The molecule has 104 valence electrons. The van der Waals surface area contributed by atoms with E-state index in [9.17, 15) is 13.2 Å². The van der Waals surface area contributed by atoms with Crippen molar-refractivity contribution in [2.45, 2.75) is 36.0 Å². The van der Waals surface area contributed by atoms with E-state index in [0.717, 1.165) is 12.8 Å². The van der Waals surface area contributed by atoms with Crippen LogP contribution in [0.15, 0.2) is 23.1 Å². The molecule has 3 N–H and O–H groups in total. The lowest BCUT2D eigenvalue weighted by atomic mass is 10.3. The number of carbonyl (C=O) groups is 1. The highest BCUT2D eigenvalue weighted by Crippen LogP contribution is 2.27. The fourth-order valence-electron chi connectivity index (χ4n) is 1.63. The minimum Gasteiger partial charge on any atom is -0.398 e. The van der Waals surface area contributed by atoms with Crippen LogP contribution in [0.4, 0.5) is 5.69 Å². The van der Waals surface area contributed by atoms with Gasteiger partial charge in [-0.15, -0.1) is 0 Å². The summed E-state index contributed by atoms with van der Waals surface area (Å²) in [7, 11) is -3.83. The predicted octanol–water partition coefficient (Wildman–Crippen LogP) is 1.36. The Kier molecular flexibility index (Phi) is 3.73. The SMILES string of the molecule is CC(C(=O)NC1CC1)S(=O)(=O)c1cc(Cl)ccc1N. The van der Waals surface area contributed by atoms with E-state index in [4.69, 9.17) is 17.3 Å². The quantitative estimate of drug-likeness (QED) is 0.822. The topological polar surface area (TPSA) is 89.3 Å². The third-order valence-electron chi connectivity index (χ3n) is 3.04. The molecule has 1 amide bonds. The Bertz CT molecular complexity index is 611. The minimum absolute atomic E-state index is 0.0930. The Balaban J connectivity index is 2.29. The van der Waals surface area contributed by atoms with Crippen molar-refractivity contribution in [2.24, 2.45) is 0 Å². The van der Waals surface area contributed by atoms with Gasteiger partial charge in [0.25, 0.3) is 0 Å². The molecule has 7 heteroatoms. The molecule has 0 aliphatic heterocycles. The monoisotopic (exact) mass is 302 g/mol. The van der Waals surface area contributed by atoms with Crippen LogP contribution in [0.25, 0.3) is 0 Å². The molecule has 5 nitrogen and oxygen atoms in total. The maximum absolute atomic E-state index is 12.3. The van der Waals surface area contributed by atoms with Gasteiger partial charge in [-0.05, 0) is 38.0 Å². The number of hydrogen-bond acceptors (Lipinski definition) is 4. The van der Waals surface area contributed by atoms with Crippen molar-refractivity contribution in [3.63, 3.8) is 0 Å². The molecule has 0 spiro atoms. The summed E-state index contributed by atoms with van der Waals surface area (Å²) in [4.78, 5) is 11.7. The highest BCUT2D eigenvalue weighted by molar-refractivity contribution is 7.93. The van der Waals surface area contributed by atoms with Gasteiger partial charge in [-0.25, -0.2) is 8.42 Å². The van der Waals surface area contributed by atoms with Gasteiger partial charge in [-0.2, -0.15) is 0 Å². The number of sulfone groups is 1. The number of rotatable bonds is 4. The summed E-state index contributed by atoms with van der Waals surface area (Å²) in [6, 6.07) is 4.31. The third kappa shape index (κ3) is 3.01. The second kappa shape index (κ2) is 5.02. The molecule has 19 heavy (non-hydrogen) atoms. The van der Waals surface area contributed by atoms with Crippen LogP contribution >= 0.6 is 11.6 Å². The zero-order chi connectivity index (χ0) is 14.2. The zero-order valence-corrected chi connectivity index (χ0v) is 12.0. The fraction of sp³-hybridized carbons (Fsp3) is 0.417. The molecule has 0 heterocycles. The number of nitrogens with two attached hydrogens (primary N) is 1. The van der Waals surface area contributed by atoms with Gasteiger partial charge in [0.05, 0.1) is 10.6 Å². The molecule has 1 aliphatic carbocycles. The van der Waals surface area contributed by atoms with E-state index >= 15 is 0 Å². The van der Waals surface area contributed by atoms with Gasteiger partial charge in [0.15, 0.2) is 9.84 Å². The van der Waals surface area contributed by atoms with Crippen LogP contribution in [0.1, 0.15) is 19.8 Å². The van der Waals surface area contributed by atoms with Crippen molar-refractivity contribution >= 4 is 33.0 Å². The van der Waals surface area contributed by atoms with Gasteiger partial charge < -0.3 is 11.1 Å². The van der Waals surface area contributed by atoms with E-state index in [2.05, 4.69) is 5.32 Å². The highest BCUT2D eigenvalue weighted by atomic mass is 35.5. The predicted molar refractivity (Wildman–Crippen MR) is 73.7 cm³/mol. The van der Waals surface area contributed by atoms with Gasteiger partial charge in [0.1, 0.15) is 5.25 Å². The Morgan fingerprint density at radius 1 is 1.47 bits per heavy atom. The maximum atomic E-state index is 12.3. The van der Waals surface area contributed by atoms with Crippen molar-refractivity contribution in [3.8, 4) is 0 Å². The standard InChI is InChI=1S/C12H15ClN2O3S/c1-7(12(16)15-9-3-4-9)19(17,18)11-6-8(13)2-5-10(11)14/h2,5-7,9H,3-4,14H2,1H3,(H,15,16). The summed E-state index contributed by atoms with van der Waals surface area (Å²) in [5.41, 5.74) is 5.75. The number of benzene rings is 1. The second-order valence-corrected chi connectivity index (χ2v) is 7.33. The van der Waals surface area contributed by atoms with Gasteiger partial charge in [-0.1, -0.05) is 11.6 Å². The fourth-order valence-corrected chi connectivity index (χ4v) is 3.29. The molecule has 1 atom stereocenters. The number of hydrogen-bond donors (Lipinski definition) is 2. The Labute approximate surface area is 117 Å². The average molecular weight is 303 g/mol. The molecular weight excluding hydrogens is 288 g/mol. The van der Waals surface area contributed by atoms with Gasteiger partial charge in [0, 0.05) is 11.1 Å². The summed E-state index contributed by atoms with van der Waals surface area (Å²) in [6.07, 6.45) is 1.80. The van der Waals surface area contributed by atoms with Gasteiger partial charge in [0.2, 0.25) is 5.91 Å². The van der Waals surface area contributed by atoms with Crippen LogP contribution < -0.4 is 11.1 Å². The van der Waals surface area contributed by atoms with Crippen molar-refractivity contribution < 1.29 is 13.2 Å². The lowest BCUT2D eigenvalue weighted by Gasteiger charge is -2.14. The van der Waals surface area contributed by atoms with Crippen LogP contribution in [0, 0.1) is 0 Å². The van der Waals surface area contributed by atoms with E-state index in [1.807, 2.05) is 0 Å².